The van der Waals surface area contributed by atoms with E-state index in [9.17, 15) is 4.79 Å². The molecule has 1 aliphatic rings. The second kappa shape index (κ2) is 7.00. The summed E-state index contributed by atoms with van der Waals surface area (Å²) in [4.78, 5) is 18.3. The predicted molar refractivity (Wildman–Crippen MR) is 110 cm³/mol. The highest BCUT2D eigenvalue weighted by Crippen LogP contribution is 2.33. The van der Waals surface area contributed by atoms with Gasteiger partial charge in [-0.1, -0.05) is 48.5 Å². The Bertz CT molecular complexity index is 1080. The van der Waals surface area contributed by atoms with Crippen molar-refractivity contribution in [1.29, 1.82) is 0 Å². The molecule has 2 N–H and O–H groups in total. The number of fused-ring (bicyclic) bond motifs is 1. The van der Waals surface area contributed by atoms with Gasteiger partial charge in [0.25, 0.3) is 5.91 Å². The van der Waals surface area contributed by atoms with Crippen molar-refractivity contribution in [1.82, 2.24) is 20.1 Å². The van der Waals surface area contributed by atoms with Gasteiger partial charge in [0.2, 0.25) is 0 Å². The molecule has 0 bridgehead atoms. The van der Waals surface area contributed by atoms with E-state index in [0.29, 0.717) is 12.2 Å². The van der Waals surface area contributed by atoms with E-state index in [2.05, 4.69) is 27.3 Å². The van der Waals surface area contributed by atoms with Gasteiger partial charge < -0.3 is 9.88 Å². The minimum Gasteiger partial charge on any atom is -0.351 e. The van der Waals surface area contributed by atoms with Crippen molar-refractivity contribution in [2.45, 2.75) is 18.8 Å². The molecule has 0 spiro atoms. The van der Waals surface area contributed by atoms with Gasteiger partial charge in [0.1, 0.15) is 5.69 Å². The van der Waals surface area contributed by atoms with E-state index in [4.69, 9.17) is 0 Å². The van der Waals surface area contributed by atoms with Gasteiger partial charge in [-0.2, -0.15) is 5.10 Å². The number of piperidine rings is 1. The van der Waals surface area contributed by atoms with Crippen molar-refractivity contribution >= 4 is 16.8 Å². The molecule has 2 aromatic heterocycles. The van der Waals surface area contributed by atoms with E-state index in [1.165, 1.54) is 0 Å². The molecule has 5 rings (SSSR count). The maximum Gasteiger partial charge on any atom is 0.270 e. The lowest BCUT2D eigenvalue weighted by Crippen LogP contribution is -2.39. The summed E-state index contributed by atoms with van der Waals surface area (Å²) >= 11 is 0. The highest BCUT2D eigenvalue weighted by Gasteiger charge is 2.28. The van der Waals surface area contributed by atoms with Gasteiger partial charge >= 0.3 is 0 Å². The number of aromatic amines is 2. The second-order valence-electron chi connectivity index (χ2n) is 7.42. The van der Waals surface area contributed by atoms with Gasteiger partial charge in [-0.3, -0.25) is 9.89 Å². The first-order valence-electron chi connectivity index (χ1n) is 9.75. The average molecular weight is 370 g/mol. The monoisotopic (exact) mass is 370 g/mol. The standard InChI is InChI=1S/C23H22N4O/c28-23(21-13-17-9-4-5-11-20(17)25-21)27-12-6-10-18(15-27)22-19(14-24-26-22)16-7-2-1-3-8-16/h1-5,7-9,11,13-14,18,25H,6,10,12,15H2,(H,24,26)/t18-/m1/s1. The molecule has 0 saturated carbocycles. The summed E-state index contributed by atoms with van der Waals surface area (Å²) < 4.78 is 0. The average Bonchev–Trinajstić information content (AvgIpc) is 3.41. The lowest BCUT2D eigenvalue weighted by molar-refractivity contribution is 0.0701. The summed E-state index contributed by atoms with van der Waals surface area (Å²) in [7, 11) is 0. The lowest BCUT2D eigenvalue weighted by Gasteiger charge is -2.32. The molecule has 0 aliphatic carbocycles. The van der Waals surface area contributed by atoms with Crippen molar-refractivity contribution in [2.24, 2.45) is 0 Å². The van der Waals surface area contributed by atoms with E-state index >= 15 is 0 Å². The molecule has 1 saturated heterocycles. The van der Waals surface area contributed by atoms with Crippen LogP contribution in [0.15, 0.2) is 66.9 Å². The Labute approximate surface area is 163 Å². The number of nitrogens with one attached hydrogen (secondary N) is 2. The van der Waals surface area contributed by atoms with Crippen LogP contribution in [-0.4, -0.2) is 39.1 Å². The number of rotatable bonds is 3. The Kier molecular flexibility index (Phi) is 4.20. The van der Waals surface area contributed by atoms with Crippen molar-refractivity contribution in [2.75, 3.05) is 13.1 Å². The van der Waals surface area contributed by atoms with E-state index < -0.39 is 0 Å². The molecule has 0 radical (unpaired) electrons. The molecule has 1 aliphatic heterocycles. The van der Waals surface area contributed by atoms with Crippen LogP contribution in [0.2, 0.25) is 0 Å². The van der Waals surface area contributed by atoms with Crippen molar-refractivity contribution < 1.29 is 4.79 Å². The van der Waals surface area contributed by atoms with E-state index in [0.717, 1.165) is 47.1 Å². The summed E-state index contributed by atoms with van der Waals surface area (Å²) in [6, 6.07) is 20.3. The first-order chi connectivity index (χ1) is 13.8. The predicted octanol–water partition coefficient (Wildman–Crippen LogP) is 4.58. The number of H-pyrrole nitrogens is 2. The Morgan fingerprint density at radius 2 is 1.89 bits per heavy atom. The summed E-state index contributed by atoms with van der Waals surface area (Å²) in [5.41, 5.74) is 5.07. The quantitative estimate of drug-likeness (QED) is 0.554. The van der Waals surface area contributed by atoms with Gasteiger partial charge in [0.05, 0.1) is 6.20 Å². The third-order valence-corrected chi connectivity index (χ3v) is 5.63. The Morgan fingerprint density at radius 1 is 1.07 bits per heavy atom. The molecule has 5 nitrogen and oxygen atoms in total. The van der Waals surface area contributed by atoms with Gasteiger partial charge in [0, 0.05) is 41.2 Å². The van der Waals surface area contributed by atoms with E-state index in [1.807, 2.05) is 59.6 Å². The maximum atomic E-state index is 13.1. The maximum absolute atomic E-state index is 13.1. The normalized spacial score (nSPS) is 17.1. The minimum atomic E-state index is 0.0710. The van der Waals surface area contributed by atoms with Crippen LogP contribution in [0.5, 0.6) is 0 Å². The number of nitrogens with zero attached hydrogens (tertiary/aromatic N) is 2. The number of amides is 1. The summed E-state index contributed by atoms with van der Waals surface area (Å²) in [5, 5.41) is 8.56. The molecule has 0 unspecified atom stereocenters. The molecular weight excluding hydrogens is 348 g/mol. The van der Waals surface area contributed by atoms with Gasteiger partial charge in [0.15, 0.2) is 0 Å². The van der Waals surface area contributed by atoms with Crippen LogP contribution in [0.25, 0.3) is 22.0 Å². The largest absolute Gasteiger partial charge is 0.351 e. The van der Waals surface area contributed by atoms with Crippen LogP contribution in [0, 0.1) is 0 Å². The third-order valence-electron chi connectivity index (χ3n) is 5.63. The highest BCUT2D eigenvalue weighted by atomic mass is 16.2. The smallest absolute Gasteiger partial charge is 0.270 e. The Morgan fingerprint density at radius 3 is 2.75 bits per heavy atom. The SMILES string of the molecule is O=C(c1cc2ccccc2[nH]1)N1CCC[C@@H](c2[nH]ncc2-c2ccccc2)C1. The zero-order valence-electron chi connectivity index (χ0n) is 15.6. The number of benzene rings is 2. The number of aromatic nitrogens is 3. The highest BCUT2D eigenvalue weighted by molar-refractivity contribution is 5.98. The van der Waals surface area contributed by atoms with E-state index in [1.54, 1.807) is 0 Å². The van der Waals surface area contributed by atoms with Crippen molar-refractivity contribution in [3.63, 3.8) is 0 Å². The molecule has 5 heteroatoms. The summed E-state index contributed by atoms with van der Waals surface area (Å²) in [6.45, 7) is 1.50. The van der Waals surface area contributed by atoms with Crippen molar-refractivity contribution in [3.8, 4) is 11.1 Å². The van der Waals surface area contributed by atoms with Gasteiger partial charge in [-0.25, -0.2) is 0 Å². The molecule has 2 aromatic carbocycles. The fraction of sp³-hybridized carbons (Fsp3) is 0.217. The molecule has 140 valence electrons. The lowest BCUT2D eigenvalue weighted by atomic mass is 9.90. The number of hydrogen-bond acceptors (Lipinski definition) is 2. The Balaban J connectivity index is 1.40. The van der Waals surface area contributed by atoms with Crippen LogP contribution in [-0.2, 0) is 0 Å². The molecular formula is C23H22N4O. The molecule has 3 heterocycles. The molecule has 1 atom stereocenters. The van der Waals surface area contributed by atoms with Crippen LogP contribution < -0.4 is 0 Å². The third kappa shape index (κ3) is 2.99. The number of carbonyl (C=O) groups excluding carboxylic acids is 1. The first-order valence-corrected chi connectivity index (χ1v) is 9.75. The van der Waals surface area contributed by atoms with Gasteiger partial charge in [-0.15, -0.1) is 0 Å². The van der Waals surface area contributed by atoms with Crippen LogP contribution in [0.3, 0.4) is 0 Å². The second-order valence-corrected chi connectivity index (χ2v) is 7.42. The topological polar surface area (TPSA) is 64.8 Å². The van der Waals surface area contributed by atoms with Crippen molar-refractivity contribution in [3.05, 3.63) is 78.2 Å². The molecule has 28 heavy (non-hydrogen) atoms. The molecule has 1 fully saturated rings. The number of hydrogen-bond donors (Lipinski definition) is 2. The van der Waals surface area contributed by atoms with E-state index in [-0.39, 0.29) is 11.8 Å². The fourth-order valence-corrected chi connectivity index (χ4v) is 4.21. The summed E-state index contributed by atoms with van der Waals surface area (Å²) in [5.74, 6) is 0.335. The first kappa shape index (κ1) is 16.8. The molecule has 1 amide bonds. The Hall–Kier alpha value is -3.34. The molecule has 4 aromatic rings. The van der Waals surface area contributed by atoms with Crippen LogP contribution >= 0.6 is 0 Å². The zero-order valence-corrected chi connectivity index (χ0v) is 15.6. The number of carbonyl (C=O) groups is 1. The number of likely N-dealkylation sites (tertiary alicyclic amines) is 1. The zero-order chi connectivity index (χ0) is 18.9. The number of para-hydroxylation sites is 1. The summed E-state index contributed by atoms with van der Waals surface area (Å²) in [6.07, 6.45) is 3.94. The van der Waals surface area contributed by atoms with Crippen LogP contribution in [0.4, 0.5) is 0 Å². The minimum absolute atomic E-state index is 0.0710. The van der Waals surface area contributed by atoms with Crippen LogP contribution in [0.1, 0.15) is 34.9 Å². The van der Waals surface area contributed by atoms with Gasteiger partial charge in [-0.05, 0) is 30.5 Å². The fourth-order valence-electron chi connectivity index (χ4n) is 4.21.